The molecule has 0 aliphatic carbocycles. The van der Waals surface area contributed by atoms with Gasteiger partial charge in [0.2, 0.25) is 0 Å². The molecule has 2 rings (SSSR count). The van der Waals surface area contributed by atoms with Gasteiger partial charge in [0.05, 0.1) is 12.7 Å². The summed E-state index contributed by atoms with van der Waals surface area (Å²) in [6.45, 7) is 3.84. The van der Waals surface area contributed by atoms with Crippen LogP contribution in [0.3, 0.4) is 0 Å². The van der Waals surface area contributed by atoms with E-state index >= 15 is 0 Å². The van der Waals surface area contributed by atoms with Gasteiger partial charge >= 0.3 is 0 Å². The Bertz CT molecular complexity index is 611. The normalized spacial score (nSPS) is 12.1. The predicted octanol–water partition coefficient (Wildman–Crippen LogP) is 4.47. The van der Waals surface area contributed by atoms with Crippen molar-refractivity contribution in [2.45, 2.75) is 19.9 Å². The SMILES string of the molecule is COc1cccc(Oc2ccc(Cl)c(C)c2)c1[C@H](C)N. The van der Waals surface area contributed by atoms with Crippen molar-refractivity contribution in [2.75, 3.05) is 7.11 Å². The number of nitrogens with two attached hydrogens (primary N) is 1. The number of ether oxygens (including phenoxy) is 2. The number of hydrogen-bond donors (Lipinski definition) is 1. The summed E-state index contributed by atoms with van der Waals surface area (Å²) in [6, 6.07) is 11.0. The molecule has 0 saturated heterocycles. The topological polar surface area (TPSA) is 44.5 Å². The molecule has 0 aromatic heterocycles. The zero-order valence-corrected chi connectivity index (χ0v) is 12.6. The maximum absolute atomic E-state index is 6.02. The van der Waals surface area contributed by atoms with E-state index in [1.807, 2.05) is 50.2 Å². The Morgan fingerprint density at radius 1 is 1.15 bits per heavy atom. The molecule has 0 heterocycles. The zero-order chi connectivity index (χ0) is 14.7. The molecule has 0 aliphatic rings. The summed E-state index contributed by atoms with van der Waals surface area (Å²) in [7, 11) is 1.62. The summed E-state index contributed by atoms with van der Waals surface area (Å²) >= 11 is 6.02. The lowest BCUT2D eigenvalue weighted by Gasteiger charge is -2.17. The lowest BCUT2D eigenvalue weighted by Crippen LogP contribution is -2.08. The highest BCUT2D eigenvalue weighted by Crippen LogP contribution is 2.36. The van der Waals surface area contributed by atoms with Crippen molar-refractivity contribution >= 4 is 11.6 Å². The monoisotopic (exact) mass is 291 g/mol. The van der Waals surface area contributed by atoms with Gasteiger partial charge in [-0.1, -0.05) is 17.7 Å². The zero-order valence-electron chi connectivity index (χ0n) is 11.8. The van der Waals surface area contributed by atoms with Gasteiger partial charge in [-0.2, -0.15) is 0 Å². The average Bonchev–Trinajstić information content (AvgIpc) is 2.42. The molecule has 4 heteroatoms. The predicted molar refractivity (Wildman–Crippen MR) is 81.9 cm³/mol. The van der Waals surface area contributed by atoms with E-state index in [4.69, 9.17) is 26.8 Å². The van der Waals surface area contributed by atoms with Crippen molar-refractivity contribution in [3.05, 3.63) is 52.5 Å². The fourth-order valence-corrected chi connectivity index (χ4v) is 2.16. The summed E-state index contributed by atoms with van der Waals surface area (Å²) in [5.74, 6) is 2.14. The van der Waals surface area contributed by atoms with Crippen molar-refractivity contribution < 1.29 is 9.47 Å². The summed E-state index contributed by atoms with van der Waals surface area (Å²) < 4.78 is 11.3. The molecule has 0 bridgehead atoms. The third-order valence-corrected chi connectivity index (χ3v) is 3.48. The lowest BCUT2D eigenvalue weighted by molar-refractivity contribution is 0.397. The second kappa shape index (κ2) is 6.16. The molecular weight excluding hydrogens is 274 g/mol. The number of methoxy groups -OCH3 is 1. The smallest absolute Gasteiger partial charge is 0.135 e. The molecule has 106 valence electrons. The van der Waals surface area contributed by atoms with E-state index in [1.165, 1.54) is 0 Å². The Hall–Kier alpha value is -1.71. The van der Waals surface area contributed by atoms with Gasteiger partial charge in [-0.3, -0.25) is 0 Å². The van der Waals surface area contributed by atoms with Crippen LogP contribution in [0.2, 0.25) is 5.02 Å². The first kappa shape index (κ1) is 14.7. The summed E-state index contributed by atoms with van der Waals surface area (Å²) in [4.78, 5) is 0. The Kier molecular flexibility index (Phi) is 4.53. The van der Waals surface area contributed by atoms with Crippen LogP contribution >= 0.6 is 11.6 Å². The highest BCUT2D eigenvalue weighted by molar-refractivity contribution is 6.31. The number of halogens is 1. The number of hydrogen-bond acceptors (Lipinski definition) is 3. The first-order valence-corrected chi connectivity index (χ1v) is 6.77. The fraction of sp³-hybridized carbons (Fsp3) is 0.250. The van der Waals surface area contributed by atoms with E-state index in [0.717, 1.165) is 27.6 Å². The van der Waals surface area contributed by atoms with Gasteiger partial charge in [0.25, 0.3) is 0 Å². The molecule has 0 radical (unpaired) electrons. The molecule has 1 atom stereocenters. The number of aryl methyl sites for hydroxylation is 1. The highest BCUT2D eigenvalue weighted by Gasteiger charge is 2.15. The molecule has 2 aromatic rings. The van der Waals surface area contributed by atoms with E-state index in [1.54, 1.807) is 7.11 Å². The molecule has 3 nitrogen and oxygen atoms in total. The Morgan fingerprint density at radius 2 is 1.85 bits per heavy atom. The Balaban J connectivity index is 2.40. The average molecular weight is 292 g/mol. The van der Waals surface area contributed by atoms with Gasteiger partial charge in [-0.05, 0) is 49.7 Å². The maximum atomic E-state index is 6.02. The van der Waals surface area contributed by atoms with Crippen LogP contribution in [0.1, 0.15) is 24.1 Å². The van der Waals surface area contributed by atoms with Gasteiger partial charge in [0.15, 0.2) is 0 Å². The van der Waals surface area contributed by atoms with Gasteiger partial charge in [0.1, 0.15) is 17.2 Å². The molecule has 0 spiro atoms. The molecule has 0 fully saturated rings. The second-order valence-electron chi connectivity index (χ2n) is 4.67. The van der Waals surface area contributed by atoms with Crippen LogP contribution < -0.4 is 15.2 Å². The molecule has 0 amide bonds. The molecule has 2 N–H and O–H groups in total. The Labute approximate surface area is 124 Å². The van der Waals surface area contributed by atoms with E-state index in [0.29, 0.717) is 5.75 Å². The molecule has 0 saturated carbocycles. The van der Waals surface area contributed by atoms with Crippen LogP contribution in [-0.2, 0) is 0 Å². The standard InChI is InChI=1S/C16H18ClNO2/c1-10-9-12(7-8-13(10)17)20-15-6-4-5-14(19-3)16(15)11(2)18/h4-9,11H,18H2,1-3H3/t11-/m0/s1. The molecular formula is C16H18ClNO2. The second-order valence-corrected chi connectivity index (χ2v) is 5.08. The van der Waals surface area contributed by atoms with Crippen LogP contribution in [0, 0.1) is 6.92 Å². The fourth-order valence-electron chi connectivity index (χ4n) is 2.05. The summed E-state index contributed by atoms with van der Waals surface area (Å²) in [5.41, 5.74) is 7.83. The van der Waals surface area contributed by atoms with Crippen molar-refractivity contribution in [3.63, 3.8) is 0 Å². The van der Waals surface area contributed by atoms with Crippen molar-refractivity contribution in [1.82, 2.24) is 0 Å². The van der Waals surface area contributed by atoms with Crippen LogP contribution in [0.15, 0.2) is 36.4 Å². The van der Waals surface area contributed by atoms with Crippen LogP contribution in [0.25, 0.3) is 0 Å². The van der Waals surface area contributed by atoms with Crippen molar-refractivity contribution in [2.24, 2.45) is 5.73 Å². The number of benzene rings is 2. The van der Waals surface area contributed by atoms with Crippen molar-refractivity contribution in [1.29, 1.82) is 0 Å². The minimum absolute atomic E-state index is 0.186. The minimum Gasteiger partial charge on any atom is -0.496 e. The Morgan fingerprint density at radius 3 is 2.45 bits per heavy atom. The van der Waals surface area contributed by atoms with E-state index < -0.39 is 0 Å². The van der Waals surface area contributed by atoms with E-state index in [9.17, 15) is 0 Å². The first-order valence-electron chi connectivity index (χ1n) is 6.39. The third-order valence-electron chi connectivity index (χ3n) is 3.06. The molecule has 20 heavy (non-hydrogen) atoms. The maximum Gasteiger partial charge on any atom is 0.135 e. The molecule has 2 aromatic carbocycles. The minimum atomic E-state index is -0.186. The van der Waals surface area contributed by atoms with Crippen LogP contribution in [0.5, 0.6) is 17.2 Å². The summed E-state index contributed by atoms with van der Waals surface area (Å²) in [6.07, 6.45) is 0. The quantitative estimate of drug-likeness (QED) is 0.904. The third kappa shape index (κ3) is 3.06. The van der Waals surface area contributed by atoms with E-state index in [2.05, 4.69) is 0 Å². The molecule has 0 unspecified atom stereocenters. The van der Waals surface area contributed by atoms with Gasteiger partial charge in [-0.15, -0.1) is 0 Å². The molecule has 0 aliphatic heterocycles. The first-order chi connectivity index (χ1) is 9.52. The highest BCUT2D eigenvalue weighted by atomic mass is 35.5. The number of rotatable bonds is 4. The van der Waals surface area contributed by atoms with E-state index in [-0.39, 0.29) is 6.04 Å². The van der Waals surface area contributed by atoms with Gasteiger partial charge in [-0.25, -0.2) is 0 Å². The lowest BCUT2D eigenvalue weighted by atomic mass is 10.1. The van der Waals surface area contributed by atoms with Gasteiger partial charge < -0.3 is 15.2 Å². The summed E-state index contributed by atoms with van der Waals surface area (Å²) in [5, 5.41) is 0.718. The van der Waals surface area contributed by atoms with Crippen LogP contribution in [0.4, 0.5) is 0 Å². The van der Waals surface area contributed by atoms with Crippen molar-refractivity contribution in [3.8, 4) is 17.2 Å². The largest absolute Gasteiger partial charge is 0.496 e. The van der Waals surface area contributed by atoms with Crippen LogP contribution in [-0.4, -0.2) is 7.11 Å². The van der Waals surface area contributed by atoms with Gasteiger partial charge in [0, 0.05) is 11.1 Å².